The SMILES string of the molecule is CCCCCCCCCCCCCCCCCC(CCCCCCCF)C(=O)NCCC[N+](C)(C)C.[Cl-]. The number of carbonyl (C=O) groups is 1. The first-order valence-corrected chi connectivity index (χ1v) is 16.0. The lowest BCUT2D eigenvalue weighted by Crippen LogP contribution is -3.00. The highest BCUT2D eigenvalue weighted by Gasteiger charge is 2.18. The van der Waals surface area contributed by atoms with Crippen LogP contribution in [0.15, 0.2) is 0 Å². The number of carbonyl (C=O) groups excluding carboxylic acids is 1. The van der Waals surface area contributed by atoms with Crippen LogP contribution in [-0.4, -0.2) is 51.3 Å². The van der Waals surface area contributed by atoms with Gasteiger partial charge in [0, 0.05) is 18.9 Å². The van der Waals surface area contributed by atoms with Crippen LogP contribution < -0.4 is 17.7 Å². The molecule has 1 unspecified atom stereocenters. The maximum absolute atomic E-state index is 12.8. The summed E-state index contributed by atoms with van der Waals surface area (Å²) in [6.07, 6.45) is 28.7. The van der Waals surface area contributed by atoms with Crippen molar-refractivity contribution in [3.05, 3.63) is 0 Å². The molecule has 0 fully saturated rings. The van der Waals surface area contributed by atoms with Crippen LogP contribution in [0.25, 0.3) is 0 Å². The van der Waals surface area contributed by atoms with Crippen molar-refractivity contribution in [2.24, 2.45) is 5.92 Å². The second-order valence-electron chi connectivity index (χ2n) is 12.3. The van der Waals surface area contributed by atoms with Gasteiger partial charge in [-0.1, -0.05) is 129 Å². The molecule has 0 aromatic heterocycles. The number of quaternary nitrogens is 1. The molecule has 0 saturated heterocycles. The Morgan fingerprint density at radius 3 is 1.38 bits per heavy atom. The van der Waals surface area contributed by atoms with E-state index in [1.54, 1.807) is 0 Å². The molecule has 5 heteroatoms. The van der Waals surface area contributed by atoms with E-state index in [4.69, 9.17) is 0 Å². The summed E-state index contributed by atoms with van der Waals surface area (Å²) in [5.74, 6) is 0.433. The normalized spacial score (nSPS) is 12.4. The molecular formula is C32H66ClFN2O. The van der Waals surface area contributed by atoms with E-state index in [9.17, 15) is 9.18 Å². The molecule has 0 radical (unpaired) electrons. The van der Waals surface area contributed by atoms with Gasteiger partial charge in [-0.05, 0) is 19.3 Å². The Labute approximate surface area is 238 Å². The molecule has 1 atom stereocenters. The van der Waals surface area contributed by atoms with Gasteiger partial charge < -0.3 is 22.2 Å². The van der Waals surface area contributed by atoms with Gasteiger partial charge in [0.15, 0.2) is 0 Å². The first kappa shape index (κ1) is 38.8. The van der Waals surface area contributed by atoms with Crippen LogP contribution in [0.5, 0.6) is 0 Å². The van der Waals surface area contributed by atoms with Crippen LogP contribution in [0.2, 0.25) is 0 Å². The smallest absolute Gasteiger partial charge is 0.223 e. The molecule has 224 valence electrons. The maximum Gasteiger partial charge on any atom is 0.223 e. The number of amides is 1. The molecule has 0 spiro atoms. The van der Waals surface area contributed by atoms with E-state index in [1.165, 1.54) is 96.3 Å². The second-order valence-corrected chi connectivity index (χ2v) is 12.3. The number of hydrogen-bond donors (Lipinski definition) is 1. The van der Waals surface area contributed by atoms with E-state index >= 15 is 0 Å². The van der Waals surface area contributed by atoms with Crippen molar-refractivity contribution in [2.75, 3.05) is 40.9 Å². The highest BCUT2D eigenvalue weighted by molar-refractivity contribution is 5.78. The fourth-order valence-electron chi connectivity index (χ4n) is 5.09. The Morgan fingerprint density at radius 1 is 0.622 bits per heavy atom. The highest BCUT2D eigenvalue weighted by atomic mass is 35.5. The summed E-state index contributed by atoms with van der Waals surface area (Å²) in [4.78, 5) is 12.8. The van der Waals surface area contributed by atoms with Gasteiger partial charge in [0.2, 0.25) is 5.91 Å². The molecule has 3 nitrogen and oxygen atoms in total. The number of alkyl halides is 1. The first-order chi connectivity index (χ1) is 17.4. The number of nitrogens with zero attached hydrogens (tertiary/aromatic N) is 1. The maximum atomic E-state index is 12.8. The Hall–Kier alpha value is -0.350. The zero-order chi connectivity index (χ0) is 26.7. The molecule has 37 heavy (non-hydrogen) atoms. The number of unbranched alkanes of at least 4 members (excludes halogenated alkanes) is 18. The minimum absolute atomic E-state index is 0. The molecule has 1 N–H and O–H groups in total. The average molecular weight is 549 g/mol. The quantitative estimate of drug-likeness (QED) is 0.0890. The van der Waals surface area contributed by atoms with Crippen molar-refractivity contribution >= 4 is 5.91 Å². The highest BCUT2D eigenvalue weighted by Crippen LogP contribution is 2.20. The molecule has 0 rings (SSSR count). The number of nitrogens with one attached hydrogen (secondary N) is 1. The first-order valence-electron chi connectivity index (χ1n) is 16.0. The van der Waals surface area contributed by atoms with E-state index in [0.717, 1.165) is 62.5 Å². The van der Waals surface area contributed by atoms with Gasteiger partial charge in [-0.15, -0.1) is 0 Å². The lowest BCUT2D eigenvalue weighted by Gasteiger charge is -2.24. The number of hydrogen-bond acceptors (Lipinski definition) is 1. The van der Waals surface area contributed by atoms with Gasteiger partial charge in [0.05, 0.1) is 34.4 Å². The monoisotopic (exact) mass is 548 g/mol. The minimum Gasteiger partial charge on any atom is -1.00 e. The topological polar surface area (TPSA) is 29.1 Å². The lowest BCUT2D eigenvalue weighted by molar-refractivity contribution is -0.870. The van der Waals surface area contributed by atoms with Crippen molar-refractivity contribution in [1.29, 1.82) is 0 Å². The van der Waals surface area contributed by atoms with Gasteiger partial charge in [-0.2, -0.15) is 0 Å². The van der Waals surface area contributed by atoms with Crippen molar-refractivity contribution in [1.82, 2.24) is 5.32 Å². The van der Waals surface area contributed by atoms with Crippen LogP contribution in [0.4, 0.5) is 4.39 Å². The van der Waals surface area contributed by atoms with E-state index in [0.29, 0.717) is 6.42 Å². The van der Waals surface area contributed by atoms with Crippen LogP contribution in [0.3, 0.4) is 0 Å². The molecule has 0 bridgehead atoms. The molecule has 0 aromatic carbocycles. The summed E-state index contributed by atoms with van der Waals surface area (Å²) in [5.41, 5.74) is 0. The molecule has 0 aliphatic carbocycles. The summed E-state index contributed by atoms with van der Waals surface area (Å²) < 4.78 is 13.2. The Bertz CT molecular complexity index is 470. The van der Waals surface area contributed by atoms with Crippen LogP contribution in [-0.2, 0) is 4.79 Å². The average Bonchev–Trinajstić information content (AvgIpc) is 2.84. The molecule has 1 amide bonds. The lowest BCUT2D eigenvalue weighted by atomic mass is 9.93. The number of rotatable bonds is 28. The van der Waals surface area contributed by atoms with Crippen LogP contribution >= 0.6 is 0 Å². The van der Waals surface area contributed by atoms with Gasteiger partial charge in [-0.3, -0.25) is 9.18 Å². The Balaban J connectivity index is 0. The minimum atomic E-state index is -0.197. The molecule has 0 aliphatic rings. The summed E-state index contributed by atoms with van der Waals surface area (Å²) in [6, 6.07) is 0. The largest absolute Gasteiger partial charge is 1.00 e. The van der Waals surface area contributed by atoms with E-state index in [2.05, 4.69) is 33.4 Å². The van der Waals surface area contributed by atoms with E-state index in [-0.39, 0.29) is 30.9 Å². The van der Waals surface area contributed by atoms with Crippen molar-refractivity contribution < 1.29 is 26.1 Å². The molecular weight excluding hydrogens is 483 g/mol. The predicted octanol–water partition coefficient (Wildman–Crippen LogP) is 6.39. The van der Waals surface area contributed by atoms with E-state index < -0.39 is 0 Å². The summed E-state index contributed by atoms with van der Waals surface area (Å²) in [6.45, 7) is 3.96. The zero-order valence-corrected chi connectivity index (χ0v) is 26.3. The van der Waals surface area contributed by atoms with Crippen molar-refractivity contribution in [3.8, 4) is 0 Å². The van der Waals surface area contributed by atoms with Crippen LogP contribution in [0, 0.1) is 5.92 Å². The van der Waals surface area contributed by atoms with Crippen molar-refractivity contribution in [2.45, 2.75) is 155 Å². The van der Waals surface area contributed by atoms with E-state index in [1.807, 2.05) is 0 Å². The third-order valence-corrected chi connectivity index (χ3v) is 7.52. The van der Waals surface area contributed by atoms with Crippen molar-refractivity contribution in [3.63, 3.8) is 0 Å². The van der Waals surface area contributed by atoms with Gasteiger partial charge in [-0.25, -0.2) is 0 Å². The molecule has 0 heterocycles. The molecule has 0 saturated carbocycles. The fourth-order valence-corrected chi connectivity index (χ4v) is 5.09. The molecule has 0 aliphatic heterocycles. The third kappa shape index (κ3) is 30.1. The Morgan fingerprint density at radius 2 is 1.00 bits per heavy atom. The zero-order valence-electron chi connectivity index (χ0n) is 25.6. The summed E-state index contributed by atoms with van der Waals surface area (Å²) in [7, 11) is 6.60. The summed E-state index contributed by atoms with van der Waals surface area (Å²) in [5, 5.41) is 3.22. The van der Waals surface area contributed by atoms with Gasteiger partial charge in [0.1, 0.15) is 0 Å². The van der Waals surface area contributed by atoms with Gasteiger partial charge >= 0.3 is 0 Å². The van der Waals surface area contributed by atoms with Gasteiger partial charge in [0.25, 0.3) is 0 Å². The number of halogens is 2. The summed E-state index contributed by atoms with van der Waals surface area (Å²) >= 11 is 0. The van der Waals surface area contributed by atoms with Crippen LogP contribution in [0.1, 0.15) is 155 Å². The predicted molar refractivity (Wildman–Crippen MR) is 157 cm³/mol. The fraction of sp³-hybridized carbons (Fsp3) is 0.969. The Kier molecular flexibility index (Phi) is 30.0. The third-order valence-electron chi connectivity index (χ3n) is 7.52. The second kappa shape index (κ2) is 28.7. The molecule has 0 aromatic rings. The standard InChI is InChI=1S/C32H65FN2O.ClH/c1-5-6-7-8-9-10-11-12-13-14-15-16-17-19-22-26-31(27-23-20-18-21-24-28-33)32(36)34-29-25-30-35(2,3)4;/h31H,5-30H2,1-4H3;1H.